The summed E-state index contributed by atoms with van der Waals surface area (Å²) >= 11 is 0. The second-order valence-corrected chi connectivity index (χ2v) is 10.7. The maximum atomic E-state index is 9.73. The van der Waals surface area contributed by atoms with Gasteiger partial charge in [-0.1, -0.05) is 53.4 Å². The molecular formula is C16H36F3P2+. The van der Waals surface area contributed by atoms with E-state index in [4.69, 9.17) is 0 Å². The largest absolute Gasteiger partial charge is 0.456 e. The fraction of sp³-hybridized carbons (Fsp3) is 1.00. The van der Waals surface area contributed by atoms with Gasteiger partial charge in [-0.2, -0.15) is 12.6 Å². The Hall–Kier alpha value is 0.650. The molecule has 5 heteroatoms. The predicted molar refractivity (Wildman–Crippen MR) is 96.3 cm³/mol. The maximum Gasteiger partial charge on any atom is 0.456 e. The quantitative estimate of drug-likeness (QED) is 0.311. The molecule has 0 radical (unpaired) electrons. The van der Waals surface area contributed by atoms with Crippen LogP contribution in [0.4, 0.5) is 12.6 Å². The molecule has 0 saturated carbocycles. The summed E-state index contributed by atoms with van der Waals surface area (Å²) < 4.78 is 29.2. The van der Waals surface area contributed by atoms with Crippen LogP contribution < -0.4 is 0 Å². The topological polar surface area (TPSA) is 0 Å². The molecule has 130 valence electrons. The van der Waals surface area contributed by atoms with Crippen molar-refractivity contribution in [2.75, 3.05) is 24.6 Å². The van der Waals surface area contributed by atoms with E-state index in [2.05, 4.69) is 27.7 Å². The van der Waals surface area contributed by atoms with Crippen molar-refractivity contribution >= 4 is 16.1 Å². The first-order chi connectivity index (χ1) is 9.97. The van der Waals surface area contributed by atoms with Crippen molar-refractivity contribution in [3.63, 3.8) is 0 Å². The Bertz CT molecular complexity index is 162. The molecule has 0 saturated heterocycles. The molecule has 0 aromatic rings. The van der Waals surface area contributed by atoms with Crippen molar-refractivity contribution in [1.29, 1.82) is 0 Å². The van der Waals surface area contributed by atoms with E-state index in [-0.39, 0.29) is 0 Å². The van der Waals surface area contributed by atoms with E-state index in [0.29, 0.717) is 0 Å². The molecule has 0 N–H and O–H groups in total. The molecule has 0 aromatic heterocycles. The SMILES string of the molecule is CCCC[P+](CCCC)(CCCC)CCCC.FP(F)F. The normalized spacial score (nSPS) is 11.4. The lowest BCUT2D eigenvalue weighted by molar-refractivity contribution is 0.633. The zero-order valence-electron chi connectivity index (χ0n) is 14.5. The minimum absolute atomic E-state index is 0.562. The molecule has 0 aromatic carbocycles. The number of rotatable bonds is 12. The van der Waals surface area contributed by atoms with Crippen molar-refractivity contribution in [2.24, 2.45) is 0 Å². The first kappa shape index (κ1) is 23.9. The monoisotopic (exact) mass is 347 g/mol. The van der Waals surface area contributed by atoms with Crippen molar-refractivity contribution in [3.8, 4) is 0 Å². The van der Waals surface area contributed by atoms with Gasteiger partial charge in [0.05, 0.1) is 24.6 Å². The molecule has 21 heavy (non-hydrogen) atoms. The molecule has 0 rings (SSSR count). The summed E-state index contributed by atoms with van der Waals surface area (Å²) in [7, 11) is -4.68. The van der Waals surface area contributed by atoms with Gasteiger partial charge in [0.15, 0.2) is 0 Å². The highest BCUT2D eigenvalue weighted by Gasteiger charge is 2.34. The second kappa shape index (κ2) is 17.0. The first-order valence-electron chi connectivity index (χ1n) is 8.60. The highest BCUT2D eigenvalue weighted by atomic mass is 31.2. The molecular weight excluding hydrogens is 311 g/mol. The van der Waals surface area contributed by atoms with Crippen LogP contribution in [0.2, 0.25) is 0 Å². The Morgan fingerprint density at radius 2 is 0.762 bits per heavy atom. The van der Waals surface area contributed by atoms with Crippen LogP contribution in [0, 0.1) is 0 Å². The molecule has 0 spiro atoms. The Balaban J connectivity index is 0. The number of hydrogen-bond donors (Lipinski definition) is 0. The average Bonchev–Trinajstić information content (AvgIpc) is 2.45. The van der Waals surface area contributed by atoms with E-state index in [1.807, 2.05) is 0 Å². The molecule has 0 aliphatic rings. The van der Waals surface area contributed by atoms with Crippen LogP contribution in [0.1, 0.15) is 79.1 Å². The summed E-state index contributed by atoms with van der Waals surface area (Å²) in [6, 6.07) is 0. The van der Waals surface area contributed by atoms with Gasteiger partial charge in [0.2, 0.25) is 0 Å². The highest BCUT2D eigenvalue weighted by Crippen LogP contribution is 2.61. The Morgan fingerprint density at radius 3 is 0.905 bits per heavy atom. The van der Waals surface area contributed by atoms with Crippen LogP contribution in [0.15, 0.2) is 0 Å². The lowest BCUT2D eigenvalue weighted by Gasteiger charge is -2.28. The smallest absolute Gasteiger partial charge is 0.152 e. The van der Waals surface area contributed by atoms with Gasteiger partial charge < -0.3 is 0 Å². The summed E-state index contributed by atoms with van der Waals surface area (Å²) in [4.78, 5) is 0. The highest BCUT2D eigenvalue weighted by molar-refractivity contribution is 7.75. The predicted octanol–water partition coefficient (Wildman–Crippen LogP) is 8.33. The summed E-state index contributed by atoms with van der Waals surface area (Å²) in [6.07, 6.45) is 17.9. The third kappa shape index (κ3) is 16.8. The van der Waals surface area contributed by atoms with Gasteiger partial charge in [0, 0.05) is 7.26 Å². The van der Waals surface area contributed by atoms with E-state index in [1.165, 1.54) is 51.4 Å². The summed E-state index contributed by atoms with van der Waals surface area (Å²) in [5.74, 6) is 0. The number of halogens is 3. The van der Waals surface area contributed by atoms with E-state index < -0.39 is 16.1 Å². The van der Waals surface area contributed by atoms with Gasteiger partial charge in [0.25, 0.3) is 0 Å². The molecule has 0 heterocycles. The van der Waals surface area contributed by atoms with Crippen LogP contribution >= 0.6 is 16.1 Å². The molecule has 0 nitrogen and oxygen atoms in total. The molecule has 0 fully saturated rings. The minimum Gasteiger partial charge on any atom is -0.152 e. The summed E-state index contributed by atoms with van der Waals surface area (Å²) in [5.41, 5.74) is 0. The minimum atomic E-state index is -4.12. The van der Waals surface area contributed by atoms with E-state index in [9.17, 15) is 12.6 Å². The summed E-state index contributed by atoms with van der Waals surface area (Å²) in [5, 5.41) is 0. The molecule has 0 atom stereocenters. The van der Waals surface area contributed by atoms with Crippen molar-refractivity contribution < 1.29 is 12.6 Å². The lowest BCUT2D eigenvalue weighted by Crippen LogP contribution is -2.12. The van der Waals surface area contributed by atoms with Crippen LogP contribution in [0.5, 0.6) is 0 Å². The third-order valence-electron chi connectivity index (χ3n) is 3.94. The van der Waals surface area contributed by atoms with Crippen molar-refractivity contribution in [1.82, 2.24) is 0 Å². The van der Waals surface area contributed by atoms with Gasteiger partial charge in [-0.3, -0.25) is 0 Å². The van der Waals surface area contributed by atoms with Gasteiger partial charge in [-0.25, -0.2) is 0 Å². The Kier molecular flexibility index (Phi) is 19.4. The van der Waals surface area contributed by atoms with Crippen molar-refractivity contribution in [2.45, 2.75) is 79.1 Å². The standard InChI is InChI=1S/C16H36P.F3P/c1-5-9-13-17(14-10-6-2,15-11-7-3)16-12-8-4;1-4(2)3/h5-16H2,1-4H3;/q+1;. The fourth-order valence-corrected chi connectivity index (χ4v) is 7.93. The third-order valence-corrected chi connectivity index (χ3v) is 9.00. The van der Waals surface area contributed by atoms with Crippen LogP contribution in [0.25, 0.3) is 0 Å². The Labute approximate surface area is 133 Å². The maximum absolute atomic E-state index is 9.73. The summed E-state index contributed by atoms with van der Waals surface area (Å²) in [6.45, 7) is 9.42. The zero-order valence-corrected chi connectivity index (χ0v) is 16.3. The molecule has 0 bridgehead atoms. The van der Waals surface area contributed by atoms with Gasteiger partial charge in [0.1, 0.15) is 0 Å². The Morgan fingerprint density at radius 1 is 0.571 bits per heavy atom. The van der Waals surface area contributed by atoms with Crippen LogP contribution in [-0.4, -0.2) is 24.6 Å². The average molecular weight is 347 g/mol. The molecule has 0 unspecified atom stereocenters. The second-order valence-electron chi connectivity index (χ2n) is 5.84. The molecule has 0 aliphatic heterocycles. The van der Waals surface area contributed by atoms with E-state index in [0.717, 1.165) is 0 Å². The van der Waals surface area contributed by atoms with E-state index in [1.54, 1.807) is 24.6 Å². The zero-order chi connectivity index (χ0) is 16.6. The van der Waals surface area contributed by atoms with Crippen LogP contribution in [0.3, 0.4) is 0 Å². The van der Waals surface area contributed by atoms with E-state index >= 15 is 0 Å². The van der Waals surface area contributed by atoms with Crippen molar-refractivity contribution in [3.05, 3.63) is 0 Å². The lowest BCUT2D eigenvalue weighted by atomic mass is 10.4. The number of unbranched alkanes of at least 4 members (excludes halogenated alkanes) is 4. The number of hydrogen-bond acceptors (Lipinski definition) is 0. The fourth-order valence-electron chi connectivity index (χ4n) is 2.64. The molecule has 0 amide bonds. The van der Waals surface area contributed by atoms with Gasteiger partial charge in [-0.15, -0.1) is 0 Å². The van der Waals surface area contributed by atoms with Gasteiger partial charge in [-0.05, 0) is 25.7 Å². The first-order valence-corrected chi connectivity index (χ1v) is 12.1. The van der Waals surface area contributed by atoms with Crippen LogP contribution in [-0.2, 0) is 0 Å². The van der Waals surface area contributed by atoms with Gasteiger partial charge >= 0.3 is 8.85 Å². The molecule has 0 aliphatic carbocycles.